The van der Waals surface area contributed by atoms with Gasteiger partial charge in [0.15, 0.2) is 0 Å². The van der Waals surface area contributed by atoms with E-state index in [2.05, 4.69) is 18.0 Å². The minimum absolute atomic E-state index is 0.149. The van der Waals surface area contributed by atoms with Crippen LogP contribution >= 0.6 is 0 Å². The normalized spacial score (nSPS) is 17.2. The second kappa shape index (κ2) is 9.11. The van der Waals surface area contributed by atoms with Crippen LogP contribution in [0.5, 0.6) is 0 Å². The molecule has 0 heterocycles. The number of amides is 2. The van der Waals surface area contributed by atoms with Crippen molar-refractivity contribution in [3.05, 3.63) is 53.6 Å². The zero-order valence-electron chi connectivity index (χ0n) is 15.9. The number of rotatable bonds is 6. The molecule has 0 bridgehead atoms. The van der Waals surface area contributed by atoms with Gasteiger partial charge < -0.3 is 10.2 Å². The molecule has 1 atom stereocenters. The van der Waals surface area contributed by atoms with Gasteiger partial charge in [0.25, 0.3) is 0 Å². The maximum Gasteiger partial charge on any atom is 0.416 e. The van der Waals surface area contributed by atoms with Crippen LogP contribution in [0.1, 0.15) is 45.1 Å². The fourth-order valence-electron chi connectivity index (χ4n) is 3.22. The van der Waals surface area contributed by atoms with Crippen molar-refractivity contribution >= 4 is 11.7 Å². The Balaban J connectivity index is 2.04. The quantitative estimate of drug-likeness (QED) is 0.581. The van der Waals surface area contributed by atoms with E-state index in [9.17, 15) is 18.0 Å². The highest BCUT2D eigenvalue weighted by Crippen LogP contribution is 2.31. The number of alkyl halides is 3. The molecule has 0 saturated heterocycles. The predicted molar refractivity (Wildman–Crippen MR) is 103 cm³/mol. The molecule has 0 aromatic heterocycles. The molecule has 0 aliphatic heterocycles. The van der Waals surface area contributed by atoms with Crippen LogP contribution in [0.3, 0.4) is 0 Å². The number of allylic oxidation sites excluding steroid dienone is 2. The number of hydrogen-bond donors (Lipinski definition) is 1. The average Bonchev–Trinajstić information content (AvgIpc) is 2.61. The molecule has 1 unspecified atom stereocenters. The number of nitrogens with one attached hydrogen (secondary N) is 1. The lowest BCUT2D eigenvalue weighted by molar-refractivity contribution is -0.137. The third kappa shape index (κ3) is 6.15. The van der Waals surface area contributed by atoms with Gasteiger partial charge in [0.1, 0.15) is 0 Å². The molecule has 2 amide bonds. The maximum atomic E-state index is 12.8. The van der Waals surface area contributed by atoms with E-state index in [-0.39, 0.29) is 11.7 Å². The van der Waals surface area contributed by atoms with Crippen LogP contribution < -0.4 is 5.32 Å². The van der Waals surface area contributed by atoms with E-state index < -0.39 is 11.7 Å². The molecule has 0 spiro atoms. The van der Waals surface area contributed by atoms with Crippen LogP contribution in [0.4, 0.5) is 23.7 Å². The molecular formula is C21H27F3N2O. The molecule has 2 rings (SSSR count). The second-order valence-electron chi connectivity index (χ2n) is 7.11. The molecule has 0 radical (unpaired) electrons. The monoisotopic (exact) mass is 380 g/mol. The summed E-state index contributed by atoms with van der Waals surface area (Å²) >= 11 is 0. The third-order valence-corrected chi connectivity index (χ3v) is 4.82. The van der Waals surface area contributed by atoms with Crippen molar-refractivity contribution in [1.82, 2.24) is 4.90 Å². The molecule has 1 N–H and O–H groups in total. The van der Waals surface area contributed by atoms with Crippen LogP contribution in [0.15, 0.2) is 48.1 Å². The Morgan fingerprint density at radius 1 is 1.37 bits per heavy atom. The number of urea groups is 1. The highest BCUT2D eigenvalue weighted by molar-refractivity contribution is 5.89. The van der Waals surface area contributed by atoms with E-state index in [1.54, 1.807) is 4.90 Å². The largest absolute Gasteiger partial charge is 0.416 e. The Kier molecular flexibility index (Phi) is 7.11. The average molecular weight is 380 g/mol. The molecule has 148 valence electrons. The molecule has 27 heavy (non-hydrogen) atoms. The first kappa shape index (κ1) is 21.1. The Labute approximate surface area is 158 Å². The summed E-state index contributed by atoms with van der Waals surface area (Å²) in [4.78, 5) is 14.3. The molecule has 6 heteroatoms. The maximum absolute atomic E-state index is 12.8. The van der Waals surface area contributed by atoms with E-state index in [0.29, 0.717) is 19.0 Å². The van der Waals surface area contributed by atoms with E-state index in [1.807, 2.05) is 13.8 Å². The van der Waals surface area contributed by atoms with Gasteiger partial charge in [-0.1, -0.05) is 36.8 Å². The van der Waals surface area contributed by atoms with E-state index in [0.717, 1.165) is 37.8 Å². The van der Waals surface area contributed by atoms with E-state index >= 15 is 0 Å². The Hall–Kier alpha value is -2.24. The van der Waals surface area contributed by atoms with Gasteiger partial charge >= 0.3 is 12.2 Å². The van der Waals surface area contributed by atoms with Gasteiger partial charge in [-0.3, -0.25) is 0 Å². The molecular weight excluding hydrogens is 353 g/mol. The Bertz CT molecular complexity index is 710. The van der Waals surface area contributed by atoms with E-state index in [1.165, 1.54) is 23.3 Å². The van der Waals surface area contributed by atoms with Gasteiger partial charge in [-0.2, -0.15) is 13.2 Å². The molecule has 1 aromatic rings. The number of anilines is 1. The van der Waals surface area contributed by atoms with Gasteiger partial charge in [-0.15, -0.1) is 0 Å². The zero-order chi connectivity index (χ0) is 20.0. The molecule has 1 aliphatic rings. The summed E-state index contributed by atoms with van der Waals surface area (Å²) in [5.41, 5.74) is 1.75. The standard InChI is InChI=1S/C21H27F3N2O/c1-4-12-26(14-16-8-10-17(11-9-16)15(2)3)20(27)25-19-7-5-6-18(13-19)21(22,23)24/h5-8,13,17H,2,4,9-12,14H2,1,3H3,(H,25,27). The van der Waals surface area contributed by atoms with Crippen LogP contribution in [0.25, 0.3) is 0 Å². The van der Waals surface area contributed by atoms with Crippen LogP contribution in [0.2, 0.25) is 0 Å². The van der Waals surface area contributed by atoms with Crippen LogP contribution in [-0.4, -0.2) is 24.0 Å². The van der Waals surface area contributed by atoms with Crippen molar-refractivity contribution in [2.75, 3.05) is 18.4 Å². The summed E-state index contributed by atoms with van der Waals surface area (Å²) in [6.07, 6.45) is 1.38. The van der Waals surface area contributed by atoms with Crippen molar-refractivity contribution < 1.29 is 18.0 Å². The van der Waals surface area contributed by atoms with Crippen molar-refractivity contribution in [3.8, 4) is 0 Å². The highest BCUT2D eigenvalue weighted by atomic mass is 19.4. The Morgan fingerprint density at radius 3 is 2.67 bits per heavy atom. The molecule has 0 saturated carbocycles. The number of carbonyl (C=O) groups excluding carboxylic acids is 1. The van der Waals surface area contributed by atoms with Gasteiger partial charge in [0, 0.05) is 18.8 Å². The second-order valence-corrected chi connectivity index (χ2v) is 7.11. The topological polar surface area (TPSA) is 32.3 Å². The lowest BCUT2D eigenvalue weighted by atomic mass is 9.85. The van der Waals surface area contributed by atoms with Crippen LogP contribution in [-0.2, 0) is 6.18 Å². The first-order chi connectivity index (χ1) is 12.7. The first-order valence-corrected chi connectivity index (χ1v) is 9.27. The summed E-state index contributed by atoms with van der Waals surface area (Å²) in [7, 11) is 0. The Morgan fingerprint density at radius 2 is 2.11 bits per heavy atom. The number of carbonyl (C=O) groups is 1. The van der Waals surface area contributed by atoms with Crippen molar-refractivity contribution in [1.29, 1.82) is 0 Å². The van der Waals surface area contributed by atoms with Gasteiger partial charge in [0.2, 0.25) is 0 Å². The number of benzene rings is 1. The summed E-state index contributed by atoms with van der Waals surface area (Å²) in [6.45, 7) is 9.07. The minimum Gasteiger partial charge on any atom is -0.321 e. The summed E-state index contributed by atoms with van der Waals surface area (Å²) in [6, 6.07) is 4.33. The van der Waals surface area contributed by atoms with Crippen molar-refractivity contribution in [2.45, 2.75) is 45.7 Å². The summed E-state index contributed by atoms with van der Waals surface area (Å²) in [5, 5.41) is 2.60. The number of hydrogen-bond acceptors (Lipinski definition) is 1. The minimum atomic E-state index is -4.43. The first-order valence-electron chi connectivity index (χ1n) is 9.27. The van der Waals surface area contributed by atoms with Gasteiger partial charge in [0.05, 0.1) is 5.56 Å². The van der Waals surface area contributed by atoms with Crippen molar-refractivity contribution in [2.24, 2.45) is 5.92 Å². The summed E-state index contributed by atoms with van der Waals surface area (Å²) in [5.74, 6) is 0.493. The SMILES string of the molecule is C=C(C)C1CC=C(CN(CCC)C(=O)Nc2cccc(C(F)(F)F)c2)CC1. The molecule has 1 aliphatic carbocycles. The fraction of sp³-hybridized carbons (Fsp3) is 0.476. The van der Waals surface area contributed by atoms with Crippen molar-refractivity contribution in [3.63, 3.8) is 0 Å². The zero-order valence-corrected chi connectivity index (χ0v) is 15.9. The van der Waals surface area contributed by atoms with Crippen LogP contribution in [0, 0.1) is 5.92 Å². The third-order valence-electron chi connectivity index (χ3n) is 4.82. The summed E-state index contributed by atoms with van der Waals surface area (Å²) < 4.78 is 38.5. The van der Waals surface area contributed by atoms with E-state index in [4.69, 9.17) is 0 Å². The molecule has 1 aromatic carbocycles. The van der Waals surface area contributed by atoms with Gasteiger partial charge in [-0.25, -0.2) is 4.79 Å². The highest BCUT2D eigenvalue weighted by Gasteiger charge is 2.30. The predicted octanol–water partition coefficient (Wildman–Crippen LogP) is 6.25. The number of nitrogens with zero attached hydrogens (tertiary/aromatic N) is 1. The smallest absolute Gasteiger partial charge is 0.321 e. The molecule has 3 nitrogen and oxygen atoms in total. The lowest BCUT2D eigenvalue weighted by Gasteiger charge is -2.28. The lowest BCUT2D eigenvalue weighted by Crippen LogP contribution is -2.37. The molecule has 0 fully saturated rings. The fourth-order valence-corrected chi connectivity index (χ4v) is 3.22. The number of halogens is 3. The van der Waals surface area contributed by atoms with Gasteiger partial charge in [-0.05, 0) is 56.7 Å².